The number of hydrogen-bond acceptors (Lipinski definition) is 4. The van der Waals surface area contributed by atoms with Crippen molar-refractivity contribution in [2.45, 2.75) is 12.8 Å². The normalized spacial score (nSPS) is 16.1. The zero-order valence-corrected chi connectivity index (χ0v) is 9.92. The predicted molar refractivity (Wildman–Crippen MR) is 65.7 cm³/mol. The highest BCUT2D eigenvalue weighted by atomic mass is 32.1. The standard InChI is InChI=1S/C12H13N3S/c1-8-11(10-6-14-7-10)16-12(15-8)9-3-2-4-13-5-9/h2-5,10,14H,6-7H2,1H3. The topological polar surface area (TPSA) is 37.8 Å². The lowest BCUT2D eigenvalue weighted by molar-refractivity contribution is 0.452. The number of nitrogens with zero attached hydrogens (tertiary/aromatic N) is 2. The van der Waals surface area contributed by atoms with Gasteiger partial charge in [-0.05, 0) is 19.1 Å². The summed E-state index contributed by atoms with van der Waals surface area (Å²) in [7, 11) is 0. The summed E-state index contributed by atoms with van der Waals surface area (Å²) in [5.41, 5.74) is 2.30. The van der Waals surface area contributed by atoms with E-state index < -0.39 is 0 Å². The average Bonchev–Trinajstić information content (AvgIpc) is 2.60. The zero-order chi connectivity index (χ0) is 11.0. The van der Waals surface area contributed by atoms with Crippen molar-refractivity contribution in [3.05, 3.63) is 35.1 Å². The summed E-state index contributed by atoms with van der Waals surface area (Å²) in [5.74, 6) is 0.669. The van der Waals surface area contributed by atoms with Gasteiger partial charge in [-0.3, -0.25) is 4.98 Å². The highest BCUT2D eigenvalue weighted by Crippen LogP contribution is 2.33. The van der Waals surface area contributed by atoms with Crippen LogP contribution < -0.4 is 5.32 Å². The summed E-state index contributed by atoms with van der Waals surface area (Å²) in [6.45, 7) is 4.29. The Morgan fingerprint density at radius 3 is 2.94 bits per heavy atom. The maximum absolute atomic E-state index is 4.63. The SMILES string of the molecule is Cc1nc(-c2cccnc2)sc1C1CNC1. The van der Waals surface area contributed by atoms with Gasteiger partial charge < -0.3 is 5.32 Å². The van der Waals surface area contributed by atoms with Gasteiger partial charge in [-0.2, -0.15) is 0 Å². The van der Waals surface area contributed by atoms with Crippen LogP contribution in [-0.2, 0) is 0 Å². The second-order valence-corrected chi connectivity index (χ2v) is 5.10. The van der Waals surface area contributed by atoms with E-state index in [1.165, 1.54) is 10.6 Å². The molecule has 0 saturated carbocycles. The minimum absolute atomic E-state index is 0.669. The molecule has 0 spiro atoms. The van der Waals surface area contributed by atoms with E-state index in [0.717, 1.165) is 23.7 Å². The smallest absolute Gasteiger partial charge is 0.125 e. The molecule has 0 aliphatic carbocycles. The molecule has 0 atom stereocenters. The minimum Gasteiger partial charge on any atom is -0.315 e. The summed E-state index contributed by atoms with van der Waals surface area (Å²) in [5, 5.41) is 4.39. The Hall–Kier alpha value is -1.26. The van der Waals surface area contributed by atoms with Crippen molar-refractivity contribution in [2.75, 3.05) is 13.1 Å². The Balaban J connectivity index is 1.97. The van der Waals surface area contributed by atoms with Gasteiger partial charge >= 0.3 is 0 Å². The lowest BCUT2D eigenvalue weighted by Crippen LogP contribution is -2.39. The van der Waals surface area contributed by atoms with Crippen molar-refractivity contribution in [3.8, 4) is 10.6 Å². The third-order valence-electron chi connectivity index (χ3n) is 2.89. The maximum Gasteiger partial charge on any atom is 0.125 e. The highest BCUT2D eigenvalue weighted by molar-refractivity contribution is 7.15. The molecule has 1 fully saturated rings. The minimum atomic E-state index is 0.669. The molecule has 4 heteroatoms. The van der Waals surface area contributed by atoms with Gasteiger partial charge in [0.05, 0.1) is 5.69 Å². The van der Waals surface area contributed by atoms with Gasteiger partial charge in [0.1, 0.15) is 5.01 Å². The largest absolute Gasteiger partial charge is 0.315 e. The first-order valence-corrected chi connectivity index (χ1v) is 6.24. The van der Waals surface area contributed by atoms with E-state index in [1.807, 2.05) is 12.3 Å². The fourth-order valence-electron chi connectivity index (χ4n) is 1.87. The van der Waals surface area contributed by atoms with Gasteiger partial charge in [-0.25, -0.2) is 4.98 Å². The number of pyridine rings is 1. The molecule has 1 aliphatic heterocycles. The molecule has 1 saturated heterocycles. The molecule has 0 aromatic carbocycles. The Morgan fingerprint density at radius 2 is 2.31 bits per heavy atom. The molecule has 3 heterocycles. The van der Waals surface area contributed by atoms with Crippen LogP contribution in [0.5, 0.6) is 0 Å². The lowest BCUT2D eigenvalue weighted by atomic mass is 10.0. The molecular formula is C12H13N3S. The fourth-order valence-corrected chi connectivity index (χ4v) is 3.03. The van der Waals surface area contributed by atoms with Crippen LogP contribution in [0.4, 0.5) is 0 Å². The zero-order valence-electron chi connectivity index (χ0n) is 9.10. The van der Waals surface area contributed by atoms with Gasteiger partial charge in [-0.15, -0.1) is 11.3 Å². The molecule has 1 N–H and O–H groups in total. The molecule has 0 unspecified atom stereocenters. The Morgan fingerprint density at radius 1 is 1.44 bits per heavy atom. The van der Waals surface area contributed by atoms with Gasteiger partial charge in [-0.1, -0.05) is 0 Å². The fraction of sp³-hybridized carbons (Fsp3) is 0.333. The van der Waals surface area contributed by atoms with Crippen molar-refractivity contribution in [1.82, 2.24) is 15.3 Å². The Bertz CT molecular complexity index is 488. The number of thiazole rings is 1. The van der Waals surface area contributed by atoms with E-state index in [2.05, 4.69) is 28.3 Å². The van der Waals surface area contributed by atoms with Crippen LogP contribution in [0.15, 0.2) is 24.5 Å². The van der Waals surface area contributed by atoms with Crippen LogP contribution in [0, 0.1) is 6.92 Å². The molecule has 0 bridgehead atoms. The number of rotatable bonds is 2. The summed E-state index contributed by atoms with van der Waals surface area (Å²) in [4.78, 5) is 10.2. The Kier molecular flexibility index (Phi) is 2.46. The monoisotopic (exact) mass is 231 g/mol. The highest BCUT2D eigenvalue weighted by Gasteiger charge is 2.24. The van der Waals surface area contributed by atoms with Crippen molar-refractivity contribution in [2.24, 2.45) is 0 Å². The van der Waals surface area contributed by atoms with E-state index in [-0.39, 0.29) is 0 Å². The number of hydrogen-bond donors (Lipinski definition) is 1. The first-order valence-electron chi connectivity index (χ1n) is 5.43. The molecule has 3 rings (SSSR count). The quantitative estimate of drug-likeness (QED) is 0.861. The van der Waals surface area contributed by atoms with E-state index >= 15 is 0 Å². The molecule has 16 heavy (non-hydrogen) atoms. The number of nitrogens with one attached hydrogen (secondary N) is 1. The third kappa shape index (κ3) is 1.64. The van der Waals surface area contributed by atoms with E-state index in [0.29, 0.717) is 5.92 Å². The summed E-state index contributed by atoms with van der Waals surface area (Å²) in [6.07, 6.45) is 3.67. The van der Waals surface area contributed by atoms with Gasteiger partial charge in [0.25, 0.3) is 0 Å². The second kappa shape index (κ2) is 3.96. The molecule has 0 amide bonds. The molecule has 3 nitrogen and oxygen atoms in total. The average molecular weight is 231 g/mol. The van der Waals surface area contributed by atoms with Crippen LogP contribution in [0.1, 0.15) is 16.5 Å². The summed E-state index contributed by atoms with van der Waals surface area (Å²) < 4.78 is 0. The molecule has 82 valence electrons. The Labute approximate surface area is 98.6 Å². The number of aromatic nitrogens is 2. The van der Waals surface area contributed by atoms with Crippen LogP contribution in [0.2, 0.25) is 0 Å². The molecular weight excluding hydrogens is 218 g/mol. The second-order valence-electron chi connectivity index (χ2n) is 4.07. The van der Waals surface area contributed by atoms with Crippen molar-refractivity contribution in [1.29, 1.82) is 0 Å². The van der Waals surface area contributed by atoms with Crippen LogP contribution in [-0.4, -0.2) is 23.1 Å². The van der Waals surface area contributed by atoms with E-state index in [1.54, 1.807) is 17.5 Å². The van der Waals surface area contributed by atoms with Crippen molar-refractivity contribution in [3.63, 3.8) is 0 Å². The van der Waals surface area contributed by atoms with E-state index in [9.17, 15) is 0 Å². The third-order valence-corrected chi connectivity index (χ3v) is 4.26. The van der Waals surface area contributed by atoms with Crippen molar-refractivity contribution < 1.29 is 0 Å². The first kappa shape index (κ1) is 9.93. The summed E-state index contributed by atoms with van der Waals surface area (Å²) >= 11 is 1.81. The summed E-state index contributed by atoms with van der Waals surface area (Å²) in [6, 6.07) is 4.02. The first-order chi connectivity index (χ1) is 7.84. The molecule has 2 aromatic heterocycles. The maximum atomic E-state index is 4.63. The van der Waals surface area contributed by atoms with Crippen LogP contribution in [0.25, 0.3) is 10.6 Å². The van der Waals surface area contributed by atoms with Crippen molar-refractivity contribution >= 4 is 11.3 Å². The molecule has 2 aromatic rings. The van der Waals surface area contributed by atoms with Crippen LogP contribution >= 0.6 is 11.3 Å². The van der Waals surface area contributed by atoms with Gasteiger partial charge in [0, 0.05) is 41.8 Å². The number of aryl methyl sites for hydroxylation is 1. The van der Waals surface area contributed by atoms with Crippen LogP contribution in [0.3, 0.4) is 0 Å². The molecule has 0 radical (unpaired) electrons. The van der Waals surface area contributed by atoms with Gasteiger partial charge in [0.15, 0.2) is 0 Å². The predicted octanol–water partition coefficient (Wildman–Crippen LogP) is 2.20. The van der Waals surface area contributed by atoms with Gasteiger partial charge in [0.2, 0.25) is 0 Å². The molecule has 1 aliphatic rings. The lowest BCUT2D eigenvalue weighted by Gasteiger charge is -2.26. The van der Waals surface area contributed by atoms with E-state index in [4.69, 9.17) is 0 Å².